The highest BCUT2D eigenvalue weighted by Gasteiger charge is 2.44. The van der Waals surface area contributed by atoms with Crippen molar-refractivity contribution in [2.75, 3.05) is 18.9 Å². The summed E-state index contributed by atoms with van der Waals surface area (Å²) < 4.78 is 12.8. The number of aliphatic hydroxyl groups is 2. The van der Waals surface area contributed by atoms with Gasteiger partial charge in [0.2, 0.25) is 0 Å². The molecule has 4 atom stereocenters. The van der Waals surface area contributed by atoms with Crippen molar-refractivity contribution in [2.45, 2.75) is 31.1 Å². The summed E-state index contributed by atoms with van der Waals surface area (Å²) in [6, 6.07) is 7.52. The first-order valence-electron chi connectivity index (χ1n) is 9.39. The molecule has 1 aliphatic heterocycles. The summed E-state index contributed by atoms with van der Waals surface area (Å²) >= 11 is 0. The fourth-order valence-corrected chi connectivity index (χ4v) is 3.37. The van der Waals surface area contributed by atoms with Crippen molar-refractivity contribution in [1.82, 2.24) is 24.8 Å². The number of nitrogen functional groups attached to an aromatic ring is 1. The second kappa shape index (κ2) is 8.64. The van der Waals surface area contributed by atoms with Crippen LogP contribution >= 0.6 is 0 Å². The Hall–Kier alpha value is -3.23. The predicted molar refractivity (Wildman–Crippen MR) is 108 cm³/mol. The van der Waals surface area contributed by atoms with E-state index in [1.807, 2.05) is 24.3 Å². The van der Waals surface area contributed by atoms with Crippen LogP contribution in [0.1, 0.15) is 11.8 Å². The summed E-state index contributed by atoms with van der Waals surface area (Å²) in [4.78, 5) is 12.2. The van der Waals surface area contributed by atoms with Gasteiger partial charge < -0.3 is 30.7 Å². The topological polar surface area (TPSA) is 141 Å². The fourth-order valence-electron chi connectivity index (χ4n) is 3.37. The molecule has 1 fully saturated rings. The quantitative estimate of drug-likeness (QED) is 0.391. The molecule has 1 aliphatic rings. The smallest absolute Gasteiger partial charge is 0.167 e. The van der Waals surface area contributed by atoms with Gasteiger partial charge in [0.1, 0.15) is 42.5 Å². The molecule has 156 valence electrons. The average molecular weight is 410 g/mol. The van der Waals surface area contributed by atoms with Crippen molar-refractivity contribution >= 4 is 17.0 Å². The Balaban J connectivity index is 1.36. The highest BCUT2D eigenvalue weighted by Crippen LogP contribution is 2.31. The first-order valence-corrected chi connectivity index (χ1v) is 9.39. The zero-order chi connectivity index (χ0) is 21.1. The van der Waals surface area contributed by atoms with Crippen molar-refractivity contribution in [3.63, 3.8) is 0 Å². The zero-order valence-electron chi connectivity index (χ0n) is 16.0. The van der Waals surface area contributed by atoms with E-state index in [4.69, 9.17) is 21.6 Å². The second-order valence-electron chi connectivity index (χ2n) is 6.90. The number of nitrogens with zero attached hydrogens (tertiary/aromatic N) is 4. The van der Waals surface area contributed by atoms with Crippen LogP contribution < -0.4 is 15.8 Å². The summed E-state index contributed by atoms with van der Waals surface area (Å²) in [5, 5.41) is 24.2. The molecule has 0 radical (unpaired) electrons. The van der Waals surface area contributed by atoms with E-state index < -0.39 is 24.5 Å². The van der Waals surface area contributed by atoms with Gasteiger partial charge in [-0.2, -0.15) is 0 Å². The third-order valence-corrected chi connectivity index (χ3v) is 4.92. The number of ether oxygens (including phenoxy) is 2. The minimum absolute atomic E-state index is 0.225. The summed E-state index contributed by atoms with van der Waals surface area (Å²) in [7, 11) is 0. The number of hydrogen-bond donors (Lipinski definition) is 4. The van der Waals surface area contributed by atoms with Gasteiger partial charge in [0, 0.05) is 13.1 Å². The number of hydrogen-bond acceptors (Lipinski definition) is 9. The number of fused-ring (bicyclic) bond motifs is 1. The molecule has 1 saturated heterocycles. The Kier molecular flexibility index (Phi) is 5.78. The van der Waals surface area contributed by atoms with Gasteiger partial charge in [-0.15, -0.1) is 6.42 Å². The molecule has 10 nitrogen and oxygen atoms in total. The van der Waals surface area contributed by atoms with Gasteiger partial charge >= 0.3 is 0 Å². The summed E-state index contributed by atoms with van der Waals surface area (Å²) in [5.74, 6) is 3.36. The lowest BCUT2D eigenvalue weighted by atomic mass is 10.1. The maximum absolute atomic E-state index is 10.5. The Morgan fingerprint density at radius 1 is 1.20 bits per heavy atom. The fraction of sp³-hybridized carbons (Fsp3) is 0.350. The highest BCUT2D eigenvalue weighted by atomic mass is 16.6. The monoisotopic (exact) mass is 410 g/mol. The molecule has 0 spiro atoms. The number of terminal acetylenes is 1. The molecule has 30 heavy (non-hydrogen) atoms. The molecule has 0 saturated carbocycles. The Morgan fingerprint density at radius 3 is 2.77 bits per heavy atom. The van der Waals surface area contributed by atoms with Gasteiger partial charge in [-0.3, -0.25) is 4.57 Å². The van der Waals surface area contributed by atoms with Gasteiger partial charge in [-0.1, -0.05) is 18.1 Å². The Labute approximate surface area is 172 Å². The minimum Gasteiger partial charge on any atom is -0.481 e. The van der Waals surface area contributed by atoms with Gasteiger partial charge in [0.05, 0.1) is 6.33 Å². The number of benzene rings is 1. The molecule has 0 unspecified atom stereocenters. The summed E-state index contributed by atoms with van der Waals surface area (Å²) in [5.41, 5.74) is 7.68. The first-order chi connectivity index (χ1) is 14.6. The van der Waals surface area contributed by atoms with Crippen LogP contribution in [0, 0.1) is 12.3 Å². The van der Waals surface area contributed by atoms with Crippen LogP contribution in [0.3, 0.4) is 0 Å². The highest BCUT2D eigenvalue weighted by molar-refractivity contribution is 5.81. The second-order valence-corrected chi connectivity index (χ2v) is 6.90. The van der Waals surface area contributed by atoms with E-state index in [2.05, 4.69) is 26.2 Å². The maximum atomic E-state index is 10.5. The Morgan fingerprint density at radius 2 is 2.00 bits per heavy atom. The van der Waals surface area contributed by atoms with Crippen molar-refractivity contribution < 1.29 is 19.7 Å². The normalized spacial score (nSPS) is 23.5. The number of nitrogens with two attached hydrogens (primary N) is 1. The number of nitrogens with one attached hydrogen (secondary N) is 1. The molecule has 0 bridgehead atoms. The van der Waals surface area contributed by atoms with Crippen molar-refractivity contribution in [3.8, 4) is 18.1 Å². The summed E-state index contributed by atoms with van der Waals surface area (Å²) in [6.45, 7) is 1.12. The van der Waals surface area contributed by atoms with Crippen molar-refractivity contribution in [1.29, 1.82) is 0 Å². The van der Waals surface area contributed by atoms with Crippen molar-refractivity contribution in [2.24, 2.45) is 0 Å². The van der Waals surface area contributed by atoms with Crippen LogP contribution in [0.4, 0.5) is 5.82 Å². The maximum Gasteiger partial charge on any atom is 0.167 e. The van der Waals surface area contributed by atoms with E-state index in [9.17, 15) is 10.2 Å². The number of aliphatic hydroxyl groups excluding tert-OH is 2. The first kappa shape index (κ1) is 20.1. The van der Waals surface area contributed by atoms with Gasteiger partial charge in [-0.05, 0) is 17.7 Å². The largest absolute Gasteiger partial charge is 0.481 e. The molecule has 5 N–H and O–H groups in total. The summed E-state index contributed by atoms with van der Waals surface area (Å²) in [6.07, 6.45) is 4.30. The van der Waals surface area contributed by atoms with E-state index in [-0.39, 0.29) is 12.4 Å². The van der Waals surface area contributed by atoms with E-state index in [0.717, 1.165) is 5.56 Å². The lowest BCUT2D eigenvalue weighted by Gasteiger charge is -2.16. The molecule has 10 heteroatoms. The molecule has 1 aromatic carbocycles. The average Bonchev–Trinajstić information content (AvgIpc) is 3.30. The van der Waals surface area contributed by atoms with Gasteiger partial charge in [0.15, 0.2) is 17.7 Å². The van der Waals surface area contributed by atoms with Crippen LogP contribution in [-0.4, -0.2) is 61.2 Å². The standard InChI is InChI=1S/C20H22N6O4/c1-2-7-29-13-5-3-12(4-6-13)8-22-9-14-16(27)17(28)20(30-14)26-11-25-15-18(21)23-10-24-19(15)26/h1,3-6,10-11,14,16-17,20,22,27-28H,7-9H2,(H2,21,23,24)/t14-,16-,17-,20-/m1/s1. The van der Waals surface area contributed by atoms with Gasteiger partial charge in [0.25, 0.3) is 0 Å². The van der Waals surface area contributed by atoms with Gasteiger partial charge in [-0.25, -0.2) is 15.0 Å². The lowest BCUT2D eigenvalue weighted by molar-refractivity contribution is -0.0342. The van der Waals surface area contributed by atoms with E-state index in [1.165, 1.54) is 12.7 Å². The molecular formula is C20H22N6O4. The number of anilines is 1. The SMILES string of the molecule is C#CCOc1ccc(CNC[C@H]2O[C@@H](n3cnc4c(N)ncnc43)[C@H](O)[C@@H]2O)cc1. The van der Waals surface area contributed by atoms with E-state index in [0.29, 0.717) is 30.0 Å². The number of aromatic nitrogens is 4. The molecule has 4 rings (SSSR count). The zero-order valence-corrected chi connectivity index (χ0v) is 16.0. The Bertz CT molecular complexity index is 1050. The van der Waals surface area contributed by atoms with Crippen LogP contribution in [0.15, 0.2) is 36.9 Å². The van der Waals surface area contributed by atoms with Crippen LogP contribution in [0.25, 0.3) is 11.2 Å². The lowest BCUT2D eigenvalue weighted by Crippen LogP contribution is -2.37. The van der Waals surface area contributed by atoms with E-state index >= 15 is 0 Å². The molecule has 3 aromatic rings. The third-order valence-electron chi connectivity index (χ3n) is 4.92. The number of rotatable bonds is 7. The molecular weight excluding hydrogens is 388 g/mol. The van der Waals surface area contributed by atoms with Crippen molar-refractivity contribution in [3.05, 3.63) is 42.5 Å². The van der Waals surface area contributed by atoms with Crippen LogP contribution in [0.5, 0.6) is 5.75 Å². The molecule has 0 aliphatic carbocycles. The van der Waals surface area contributed by atoms with Crippen LogP contribution in [0.2, 0.25) is 0 Å². The predicted octanol–water partition coefficient (Wildman–Crippen LogP) is -0.171. The van der Waals surface area contributed by atoms with E-state index in [1.54, 1.807) is 4.57 Å². The minimum atomic E-state index is -1.14. The molecule has 0 amide bonds. The number of imidazole rings is 1. The molecule has 3 heterocycles. The third kappa shape index (κ3) is 3.92. The van der Waals surface area contributed by atoms with Crippen LogP contribution in [-0.2, 0) is 11.3 Å². The molecule has 2 aromatic heterocycles.